The van der Waals surface area contributed by atoms with Crippen molar-refractivity contribution in [2.75, 3.05) is 0 Å². The van der Waals surface area contributed by atoms with Crippen LogP contribution in [-0.4, -0.2) is 29.6 Å². The fourth-order valence-electron chi connectivity index (χ4n) is 1.97. The number of hydrogen-bond donors (Lipinski definition) is 1. The minimum Gasteiger partial charge on any atom is -0.507 e. The van der Waals surface area contributed by atoms with Gasteiger partial charge in [-0.05, 0) is 44.0 Å². The van der Waals surface area contributed by atoms with E-state index in [-0.39, 0.29) is 17.8 Å². The molecule has 0 unspecified atom stereocenters. The van der Waals surface area contributed by atoms with Crippen molar-refractivity contribution in [2.24, 2.45) is 9.98 Å². The van der Waals surface area contributed by atoms with Crippen LogP contribution in [0.3, 0.4) is 0 Å². The molecule has 0 saturated heterocycles. The lowest BCUT2D eigenvalue weighted by Crippen LogP contribution is -2.16. The summed E-state index contributed by atoms with van der Waals surface area (Å²) in [5.74, 6) is 0.245. The Morgan fingerprint density at radius 1 is 0.818 bits per heavy atom. The summed E-state index contributed by atoms with van der Waals surface area (Å²) in [4.78, 5) is 9.08. The van der Waals surface area contributed by atoms with E-state index in [0.29, 0.717) is 0 Å². The molecule has 0 aromatic heterocycles. The van der Waals surface area contributed by atoms with Crippen molar-refractivity contribution < 1.29 is 5.11 Å². The molecule has 0 spiro atoms. The van der Waals surface area contributed by atoms with Crippen LogP contribution in [0, 0.1) is 6.92 Å². The Morgan fingerprint density at radius 3 is 1.91 bits per heavy atom. The second-order valence-electron chi connectivity index (χ2n) is 5.45. The lowest BCUT2D eigenvalue weighted by atomic mass is 10.1. The lowest BCUT2D eigenvalue weighted by Gasteiger charge is -2.11. The summed E-state index contributed by atoms with van der Waals surface area (Å²) >= 11 is 0. The molecule has 22 heavy (non-hydrogen) atoms. The number of aliphatic imine (C=N–C) groups is 2. The molecule has 0 saturated carbocycles. The second kappa shape index (κ2) is 7.55. The molecule has 3 heteroatoms. The number of phenolic OH excluding ortho intramolecular Hbond substituents is 1. The van der Waals surface area contributed by atoms with E-state index in [1.165, 1.54) is 5.56 Å². The number of aryl methyl sites for hydroxylation is 1. The van der Waals surface area contributed by atoms with Crippen LogP contribution in [-0.2, 0) is 0 Å². The van der Waals surface area contributed by atoms with Crippen molar-refractivity contribution in [3.63, 3.8) is 0 Å². The highest BCUT2D eigenvalue weighted by Crippen LogP contribution is 2.14. The van der Waals surface area contributed by atoms with Crippen molar-refractivity contribution in [1.29, 1.82) is 0 Å². The van der Waals surface area contributed by atoms with Gasteiger partial charge in [-0.3, -0.25) is 9.98 Å². The molecule has 0 aliphatic heterocycles. The van der Waals surface area contributed by atoms with Gasteiger partial charge >= 0.3 is 0 Å². The minimum atomic E-state index is 0.0416. The van der Waals surface area contributed by atoms with E-state index in [4.69, 9.17) is 0 Å². The normalized spacial score (nSPS) is 14.5. The van der Waals surface area contributed by atoms with Crippen LogP contribution in [0.2, 0.25) is 0 Å². The average Bonchev–Trinajstić information content (AvgIpc) is 2.52. The molecule has 0 fully saturated rings. The van der Waals surface area contributed by atoms with E-state index >= 15 is 0 Å². The summed E-state index contributed by atoms with van der Waals surface area (Å²) < 4.78 is 0. The zero-order valence-electron chi connectivity index (χ0n) is 13.3. The number of hydrogen-bond acceptors (Lipinski definition) is 3. The number of aromatic hydroxyl groups is 1. The number of benzene rings is 2. The Bertz CT molecular complexity index is 617. The fourth-order valence-corrected chi connectivity index (χ4v) is 1.97. The third kappa shape index (κ3) is 4.29. The molecule has 2 aromatic rings. The molecule has 2 aromatic carbocycles. The minimum absolute atomic E-state index is 0.0416. The highest BCUT2D eigenvalue weighted by atomic mass is 16.3. The first kappa shape index (κ1) is 16.0. The fraction of sp³-hybridized carbons (Fsp3) is 0.263. The topological polar surface area (TPSA) is 45.0 Å². The Kier molecular flexibility index (Phi) is 5.48. The third-order valence-electron chi connectivity index (χ3n) is 3.72. The summed E-state index contributed by atoms with van der Waals surface area (Å²) in [5, 5.41) is 9.72. The average molecular weight is 294 g/mol. The number of para-hydroxylation sites is 1. The van der Waals surface area contributed by atoms with E-state index < -0.39 is 0 Å². The zero-order valence-corrected chi connectivity index (χ0v) is 13.3. The van der Waals surface area contributed by atoms with E-state index in [0.717, 1.165) is 11.1 Å². The Morgan fingerprint density at radius 2 is 1.32 bits per heavy atom. The number of rotatable bonds is 5. The number of phenols is 1. The summed E-state index contributed by atoms with van der Waals surface area (Å²) in [6.07, 6.45) is 3.62. The van der Waals surface area contributed by atoms with Gasteiger partial charge in [0.2, 0.25) is 0 Å². The molecule has 114 valence electrons. The predicted octanol–water partition coefficient (Wildman–Crippen LogP) is 4.02. The second-order valence-corrected chi connectivity index (χ2v) is 5.45. The molecular weight excluding hydrogens is 272 g/mol. The molecule has 0 aliphatic carbocycles. The standard InChI is InChI=1S/C19H22N2O/c1-14-8-4-5-9-17(14)12-20-15(2)16(3)21-13-18-10-6-7-11-19(18)22/h4-13,15-16,22H,1-3H3/t15-,16-/m0/s1. The number of nitrogens with zero attached hydrogens (tertiary/aromatic N) is 2. The van der Waals surface area contributed by atoms with Gasteiger partial charge in [0.05, 0.1) is 12.1 Å². The SMILES string of the molecule is Cc1ccccc1C=N[C@@H](C)[C@H](C)N=Cc1ccccc1O. The van der Waals surface area contributed by atoms with Gasteiger partial charge in [0.25, 0.3) is 0 Å². The molecule has 1 N–H and O–H groups in total. The van der Waals surface area contributed by atoms with Crippen LogP contribution in [0.25, 0.3) is 0 Å². The van der Waals surface area contributed by atoms with Crippen LogP contribution in [0.5, 0.6) is 5.75 Å². The van der Waals surface area contributed by atoms with Crippen LogP contribution < -0.4 is 0 Å². The van der Waals surface area contributed by atoms with Crippen molar-refractivity contribution in [3.05, 3.63) is 65.2 Å². The van der Waals surface area contributed by atoms with Gasteiger partial charge in [0, 0.05) is 18.0 Å². The van der Waals surface area contributed by atoms with Crippen LogP contribution in [0.4, 0.5) is 0 Å². The third-order valence-corrected chi connectivity index (χ3v) is 3.72. The first-order valence-electron chi connectivity index (χ1n) is 7.48. The van der Waals surface area contributed by atoms with Gasteiger partial charge in [0.1, 0.15) is 5.75 Å². The summed E-state index contributed by atoms with van der Waals surface area (Å²) in [7, 11) is 0. The maximum atomic E-state index is 9.72. The van der Waals surface area contributed by atoms with Crippen LogP contribution in [0.1, 0.15) is 30.5 Å². The molecule has 3 nitrogen and oxygen atoms in total. The van der Waals surface area contributed by atoms with E-state index in [2.05, 4.69) is 29.0 Å². The smallest absolute Gasteiger partial charge is 0.124 e. The maximum Gasteiger partial charge on any atom is 0.124 e. The van der Waals surface area contributed by atoms with Crippen LogP contribution in [0.15, 0.2) is 58.5 Å². The Balaban J connectivity index is 2.02. The van der Waals surface area contributed by atoms with Crippen molar-refractivity contribution in [2.45, 2.75) is 32.9 Å². The quantitative estimate of drug-likeness (QED) is 0.832. The largest absolute Gasteiger partial charge is 0.507 e. The molecule has 0 bridgehead atoms. The van der Waals surface area contributed by atoms with Gasteiger partial charge < -0.3 is 5.11 Å². The van der Waals surface area contributed by atoms with Gasteiger partial charge in [-0.25, -0.2) is 0 Å². The van der Waals surface area contributed by atoms with E-state index in [9.17, 15) is 5.11 Å². The van der Waals surface area contributed by atoms with Gasteiger partial charge in [-0.15, -0.1) is 0 Å². The van der Waals surface area contributed by atoms with Crippen LogP contribution >= 0.6 is 0 Å². The molecule has 2 rings (SSSR count). The zero-order chi connectivity index (χ0) is 15.9. The monoisotopic (exact) mass is 294 g/mol. The lowest BCUT2D eigenvalue weighted by molar-refractivity contribution is 0.474. The first-order valence-corrected chi connectivity index (χ1v) is 7.48. The van der Waals surface area contributed by atoms with Crippen molar-refractivity contribution >= 4 is 12.4 Å². The van der Waals surface area contributed by atoms with Gasteiger partial charge in [-0.2, -0.15) is 0 Å². The van der Waals surface area contributed by atoms with Gasteiger partial charge in [0.15, 0.2) is 0 Å². The van der Waals surface area contributed by atoms with Crippen molar-refractivity contribution in [1.82, 2.24) is 0 Å². The highest BCUT2D eigenvalue weighted by molar-refractivity contribution is 5.83. The molecular formula is C19H22N2O. The predicted molar refractivity (Wildman–Crippen MR) is 93.4 cm³/mol. The highest BCUT2D eigenvalue weighted by Gasteiger charge is 2.08. The first-order chi connectivity index (χ1) is 10.6. The molecule has 0 aliphatic rings. The summed E-state index contributed by atoms with van der Waals surface area (Å²) in [6.45, 7) is 6.14. The molecule has 0 radical (unpaired) electrons. The molecule has 0 heterocycles. The van der Waals surface area contributed by atoms with E-state index in [1.54, 1.807) is 18.3 Å². The Labute approximate surface area is 132 Å². The summed E-state index contributed by atoms with van der Waals surface area (Å²) in [6, 6.07) is 15.5. The molecule has 2 atom stereocenters. The van der Waals surface area contributed by atoms with Crippen molar-refractivity contribution in [3.8, 4) is 5.75 Å². The van der Waals surface area contributed by atoms with E-state index in [1.807, 2.05) is 44.3 Å². The maximum absolute atomic E-state index is 9.72. The molecule has 0 amide bonds. The van der Waals surface area contributed by atoms with Gasteiger partial charge in [-0.1, -0.05) is 36.4 Å². The Hall–Kier alpha value is -2.42. The summed E-state index contributed by atoms with van der Waals surface area (Å²) in [5.41, 5.74) is 3.07.